The molecule has 0 spiro atoms. The topological polar surface area (TPSA) is 30.2 Å². The molecule has 104 valence electrons. The van der Waals surface area contributed by atoms with Crippen LogP contribution in [0.1, 0.15) is 36.5 Å². The van der Waals surface area contributed by atoms with Gasteiger partial charge in [0, 0.05) is 11.3 Å². The Morgan fingerprint density at radius 1 is 1.11 bits per heavy atom. The maximum atomic E-state index is 14.0. The number of fused-ring (bicyclic) bond motifs is 1. The van der Waals surface area contributed by atoms with E-state index in [-0.39, 0.29) is 5.65 Å². The van der Waals surface area contributed by atoms with E-state index >= 15 is 0 Å². The second kappa shape index (κ2) is 3.91. The van der Waals surface area contributed by atoms with E-state index in [1.54, 1.807) is 6.92 Å². The highest BCUT2D eigenvalue weighted by atomic mass is 19.4. The number of nitrogens with zero attached hydrogens (tertiary/aromatic N) is 3. The molecule has 2 heterocycles. The van der Waals surface area contributed by atoms with Gasteiger partial charge in [-0.25, -0.2) is 13.9 Å². The molecule has 0 saturated carbocycles. The molecule has 2 aromatic heterocycles. The Kier molecular flexibility index (Phi) is 2.84. The van der Waals surface area contributed by atoms with Crippen LogP contribution in [0.4, 0.5) is 17.6 Å². The molecule has 0 amide bonds. The molecule has 2 rings (SSSR count). The fourth-order valence-electron chi connectivity index (χ4n) is 2.02. The Balaban J connectivity index is 2.79. The lowest BCUT2D eigenvalue weighted by Gasteiger charge is -2.18. The molecule has 0 fully saturated rings. The van der Waals surface area contributed by atoms with Crippen molar-refractivity contribution in [3.05, 3.63) is 28.7 Å². The fourth-order valence-corrected chi connectivity index (χ4v) is 2.02. The van der Waals surface area contributed by atoms with Crippen LogP contribution in [0.3, 0.4) is 0 Å². The van der Waals surface area contributed by atoms with Crippen molar-refractivity contribution in [2.45, 2.75) is 39.5 Å². The van der Waals surface area contributed by atoms with Gasteiger partial charge in [0.2, 0.25) is 0 Å². The monoisotopic (exact) mass is 275 g/mol. The molecule has 0 N–H and O–H groups in total. The van der Waals surface area contributed by atoms with Crippen LogP contribution in [0.25, 0.3) is 5.65 Å². The van der Waals surface area contributed by atoms with E-state index in [2.05, 4.69) is 10.1 Å². The predicted octanol–water partition coefficient (Wildman–Crippen LogP) is 3.57. The number of hydrogen-bond donors (Lipinski definition) is 0. The van der Waals surface area contributed by atoms with Gasteiger partial charge in [-0.2, -0.15) is 13.2 Å². The Hall–Kier alpha value is -1.66. The summed E-state index contributed by atoms with van der Waals surface area (Å²) < 4.78 is 52.9. The van der Waals surface area contributed by atoms with Gasteiger partial charge in [0.1, 0.15) is 5.67 Å². The molecular formula is C12H13F4N3. The molecule has 0 aromatic carbocycles. The molecule has 0 radical (unpaired) electrons. The largest absolute Gasteiger partial charge is 0.453 e. The van der Waals surface area contributed by atoms with Gasteiger partial charge < -0.3 is 0 Å². The highest BCUT2D eigenvalue weighted by molar-refractivity contribution is 5.51. The molecule has 7 heteroatoms. The molecule has 0 aliphatic rings. The van der Waals surface area contributed by atoms with E-state index in [9.17, 15) is 17.6 Å². The van der Waals surface area contributed by atoms with Gasteiger partial charge in [0.05, 0.1) is 0 Å². The van der Waals surface area contributed by atoms with Crippen LogP contribution in [0.5, 0.6) is 0 Å². The van der Waals surface area contributed by atoms with E-state index in [0.717, 1.165) is 4.52 Å². The molecule has 0 saturated heterocycles. The maximum absolute atomic E-state index is 14.0. The van der Waals surface area contributed by atoms with Gasteiger partial charge >= 0.3 is 6.18 Å². The molecule has 3 nitrogen and oxygen atoms in total. The molecule has 0 unspecified atom stereocenters. The van der Waals surface area contributed by atoms with E-state index < -0.39 is 17.7 Å². The molecule has 19 heavy (non-hydrogen) atoms. The van der Waals surface area contributed by atoms with Gasteiger partial charge in [0.25, 0.3) is 5.82 Å². The summed E-state index contributed by atoms with van der Waals surface area (Å²) in [6.45, 7) is 5.81. The first-order chi connectivity index (χ1) is 8.51. The van der Waals surface area contributed by atoms with Crippen LogP contribution in [-0.4, -0.2) is 14.6 Å². The molecule has 0 bridgehead atoms. The van der Waals surface area contributed by atoms with Crippen molar-refractivity contribution in [1.82, 2.24) is 14.6 Å². The third-order valence-corrected chi connectivity index (χ3v) is 2.92. The average Bonchev–Trinajstić information content (AvgIpc) is 2.66. The summed E-state index contributed by atoms with van der Waals surface area (Å²) in [5.74, 6) is -1.22. The standard InChI is InChI=1S/C12H13F4N3/c1-6-5-8(11(3,4)13)7(2)19-9(6)17-10(18-19)12(14,15)16/h5H,1-4H3. The van der Waals surface area contributed by atoms with Crippen LogP contribution in [-0.2, 0) is 11.8 Å². The lowest BCUT2D eigenvalue weighted by atomic mass is 9.97. The fraction of sp³-hybridized carbons (Fsp3) is 0.500. The van der Waals surface area contributed by atoms with Crippen molar-refractivity contribution in [3.8, 4) is 0 Å². The van der Waals surface area contributed by atoms with E-state index in [0.29, 0.717) is 16.8 Å². The zero-order valence-electron chi connectivity index (χ0n) is 10.9. The normalized spacial score (nSPS) is 13.3. The Morgan fingerprint density at radius 2 is 1.68 bits per heavy atom. The highest BCUT2D eigenvalue weighted by Crippen LogP contribution is 2.32. The number of rotatable bonds is 1. The maximum Gasteiger partial charge on any atom is 0.453 e. The summed E-state index contributed by atoms with van der Waals surface area (Å²) in [7, 11) is 0. The lowest BCUT2D eigenvalue weighted by Crippen LogP contribution is -2.15. The van der Waals surface area contributed by atoms with E-state index in [4.69, 9.17) is 0 Å². The van der Waals surface area contributed by atoms with Crippen LogP contribution in [0, 0.1) is 13.8 Å². The zero-order valence-corrected chi connectivity index (χ0v) is 10.9. The van der Waals surface area contributed by atoms with Gasteiger partial charge in [-0.15, -0.1) is 5.10 Å². The minimum absolute atomic E-state index is 0.0952. The van der Waals surface area contributed by atoms with Crippen molar-refractivity contribution in [2.24, 2.45) is 0 Å². The van der Waals surface area contributed by atoms with E-state index in [1.807, 2.05) is 0 Å². The number of pyridine rings is 1. The smallest absolute Gasteiger partial charge is 0.239 e. The summed E-state index contributed by atoms with van der Waals surface area (Å²) in [5.41, 5.74) is -0.493. The first-order valence-corrected chi connectivity index (χ1v) is 5.65. The van der Waals surface area contributed by atoms with Crippen molar-refractivity contribution in [2.75, 3.05) is 0 Å². The molecule has 0 aliphatic heterocycles. The van der Waals surface area contributed by atoms with Crippen LogP contribution in [0.15, 0.2) is 6.07 Å². The highest BCUT2D eigenvalue weighted by Gasteiger charge is 2.37. The average molecular weight is 275 g/mol. The zero-order chi connectivity index (χ0) is 14.6. The van der Waals surface area contributed by atoms with Crippen LogP contribution >= 0.6 is 0 Å². The number of halogens is 4. The Labute approximate surface area is 107 Å². The minimum atomic E-state index is -4.61. The van der Waals surface area contributed by atoms with Crippen molar-refractivity contribution >= 4 is 5.65 Å². The number of aryl methyl sites for hydroxylation is 2. The summed E-state index contributed by atoms with van der Waals surface area (Å²) >= 11 is 0. The minimum Gasteiger partial charge on any atom is -0.239 e. The van der Waals surface area contributed by atoms with Crippen molar-refractivity contribution < 1.29 is 17.6 Å². The van der Waals surface area contributed by atoms with Gasteiger partial charge in [-0.1, -0.05) is 0 Å². The summed E-state index contributed by atoms with van der Waals surface area (Å²) in [6, 6.07) is 1.51. The Morgan fingerprint density at radius 3 is 2.16 bits per heavy atom. The first kappa shape index (κ1) is 13.8. The third-order valence-electron chi connectivity index (χ3n) is 2.92. The van der Waals surface area contributed by atoms with Gasteiger partial charge in [0.15, 0.2) is 5.65 Å². The van der Waals surface area contributed by atoms with Crippen molar-refractivity contribution in [1.29, 1.82) is 0 Å². The molecular weight excluding hydrogens is 262 g/mol. The number of aromatic nitrogens is 3. The second-order valence-electron chi connectivity index (χ2n) is 4.97. The molecule has 0 aliphatic carbocycles. The Bertz CT molecular complexity index is 635. The first-order valence-electron chi connectivity index (χ1n) is 5.65. The second-order valence-corrected chi connectivity index (χ2v) is 4.97. The van der Waals surface area contributed by atoms with Crippen LogP contribution in [0.2, 0.25) is 0 Å². The quantitative estimate of drug-likeness (QED) is 0.745. The molecule has 0 atom stereocenters. The van der Waals surface area contributed by atoms with Gasteiger partial charge in [-0.3, -0.25) is 0 Å². The number of hydrogen-bond acceptors (Lipinski definition) is 2. The third kappa shape index (κ3) is 2.29. The van der Waals surface area contributed by atoms with Crippen molar-refractivity contribution in [3.63, 3.8) is 0 Å². The van der Waals surface area contributed by atoms with E-state index in [1.165, 1.54) is 26.8 Å². The lowest BCUT2D eigenvalue weighted by molar-refractivity contribution is -0.144. The predicted molar refractivity (Wildman–Crippen MR) is 61.6 cm³/mol. The van der Waals surface area contributed by atoms with Gasteiger partial charge in [-0.05, 0) is 39.3 Å². The SMILES string of the molecule is Cc1cc(C(C)(C)F)c(C)n2nc(C(F)(F)F)nc12. The molecule has 2 aromatic rings. The summed E-state index contributed by atoms with van der Waals surface area (Å²) in [4.78, 5) is 3.47. The van der Waals surface area contributed by atoms with Crippen LogP contribution < -0.4 is 0 Å². The summed E-state index contributed by atoms with van der Waals surface area (Å²) in [6.07, 6.45) is -4.61. The number of alkyl halides is 4. The summed E-state index contributed by atoms with van der Waals surface area (Å²) in [5, 5.41) is 3.43.